The maximum Gasteiger partial charge on any atom is 0.265 e. The molecule has 2 aromatic rings. The summed E-state index contributed by atoms with van der Waals surface area (Å²) in [4.78, 5) is 14.7. The molecule has 0 fully saturated rings. The summed E-state index contributed by atoms with van der Waals surface area (Å²) in [5, 5.41) is 0. The summed E-state index contributed by atoms with van der Waals surface area (Å²) in [7, 11) is -3.55. The van der Waals surface area contributed by atoms with Gasteiger partial charge in [-0.05, 0) is 67.3 Å². The molecule has 0 saturated heterocycles. The summed E-state index contributed by atoms with van der Waals surface area (Å²) in [5.41, 5.74) is 2.04. The molecule has 0 aliphatic carbocycles. The number of hydrogen-bond donors (Lipinski definition) is 1. The molecule has 1 unspecified atom stereocenters. The fourth-order valence-corrected chi connectivity index (χ4v) is 4.89. The highest BCUT2D eigenvalue weighted by Crippen LogP contribution is 2.34. The van der Waals surface area contributed by atoms with Gasteiger partial charge in [-0.15, -0.1) is 0 Å². The molecule has 0 radical (unpaired) electrons. The predicted molar refractivity (Wildman–Crippen MR) is 117 cm³/mol. The average molecular weight is 481 g/mol. The van der Waals surface area contributed by atoms with Crippen molar-refractivity contribution in [1.82, 2.24) is 4.72 Å². The molecule has 0 bridgehead atoms. The van der Waals surface area contributed by atoms with Gasteiger partial charge >= 0.3 is 0 Å². The Kier molecular flexibility index (Phi) is 6.65. The van der Waals surface area contributed by atoms with Crippen LogP contribution in [0.4, 0.5) is 5.69 Å². The number of nitrogens with one attached hydrogen (secondary N) is 1. The van der Waals surface area contributed by atoms with Crippen LogP contribution in [0.5, 0.6) is 5.75 Å². The molecule has 29 heavy (non-hydrogen) atoms. The molecular weight excluding hydrogens is 456 g/mol. The van der Waals surface area contributed by atoms with Crippen molar-refractivity contribution in [3.8, 4) is 5.75 Å². The first-order chi connectivity index (χ1) is 13.7. The molecule has 1 aliphatic heterocycles. The Morgan fingerprint density at radius 3 is 2.59 bits per heavy atom. The first-order valence-electron chi connectivity index (χ1n) is 9.50. The normalized spacial score (nSPS) is 16.2. The second-order valence-electron chi connectivity index (χ2n) is 7.60. The summed E-state index contributed by atoms with van der Waals surface area (Å²) < 4.78 is 33.7. The zero-order valence-electron chi connectivity index (χ0n) is 16.7. The highest BCUT2D eigenvalue weighted by molar-refractivity contribution is 9.10. The van der Waals surface area contributed by atoms with E-state index >= 15 is 0 Å². The van der Waals surface area contributed by atoms with Gasteiger partial charge in [-0.1, -0.05) is 29.8 Å². The Labute approximate surface area is 180 Å². The summed E-state index contributed by atoms with van der Waals surface area (Å²) in [6.45, 7) is 6.15. The van der Waals surface area contributed by atoms with Gasteiger partial charge in [0.25, 0.3) is 5.91 Å². The Balaban J connectivity index is 1.63. The van der Waals surface area contributed by atoms with Crippen LogP contribution in [-0.4, -0.2) is 33.5 Å². The monoisotopic (exact) mass is 480 g/mol. The van der Waals surface area contributed by atoms with E-state index in [0.717, 1.165) is 22.1 Å². The maximum absolute atomic E-state index is 12.7. The zero-order chi connectivity index (χ0) is 21.2. The van der Waals surface area contributed by atoms with Gasteiger partial charge in [0, 0.05) is 22.7 Å². The number of ether oxygens (including phenoxy) is 1. The van der Waals surface area contributed by atoms with Crippen LogP contribution in [0.25, 0.3) is 0 Å². The minimum atomic E-state index is -3.55. The van der Waals surface area contributed by atoms with Crippen molar-refractivity contribution in [3.05, 3.63) is 52.5 Å². The van der Waals surface area contributed by atoms with E-state index < -0.39 is 10.0 Å². The van der Waals surface area contributed by atoms with E-state index in [1.807, 2.05) is 39.0 Å². The molecular formula is C21H25BrN2O4S. The summed E-state index contributed by atoms with van der Waals surface area (Å²) in [6.07, 6.45) is 0.802. The van der Waals surface area contributed by atoms with E-state index in [1.54, 1.807) is 17.0 Å². The lowest BCUT2D eigenvalue weighted by atomic mass is 10.1. The zero-order valence-corrected chi connectivity index (χ0v) is 19.1. The topological polar surface area (TPSA) is 75.7 Å². The summed E-state index contributed by atoms with van der Waals surface area (Å²) in [5.74, 6) is 0.538. The lowest BCUT2D eigenvalue weighted by Gasteiger charge is -2.22. The van der Waals surface area contributed by atoms with Crippen molar-refractivity contribution in [3.63, 3.8) is 0 Å². The molecule has 1 heterocycles. The number of anilines is 1. The van der Waals surface area contributed by atoms with Crippen molar-refractivity contribution in [2.75, 3.05) is 18.1 Å². The number of sulfonamides is 1. The molecule has 8 heteroatoms. The van der Waals surface area contributed by atoms with Crippen LogP contribution in [-0.2, 0) is 21.2 Å². The number of benzene rings is 2. The molecule has 0 spiro atoms. The third kappa shape index (κ3) is 5.18. The van der Waals surface area contributed by atoms with Gasteiger partial charge < -0.3 is 9.64 Å². The second kappa shape index (κ2) is 8.85. The predicted octanol–water partition coefficient (Wildman–Crippen LogP) is 3.74. The largest absolute Gasteiger partial charge is 0.484 e. The van der Waals surface area contributed by atoms with E-state index in [9.17, 15) is 13.2 Å². The van der Waals surface area contributed by atoms with Crippen LogP contribution in [0.1, 0.15) is 26.3 Å². The van der Waals surface area contributed by atoms with Crippen molar-refractivity contribution in [1.29, 1.82) is 0 Å². The molecule has 156 valence electrons. The quantitative estimate of drug-likeness (QED) is 0.654. The molecule has 0 saturated carbocycles. The average Bonchev–Trinajstić information content (AvgIpc) is 2.99. The summed E-state index contributed by atoms with van der Waals surface area (Å²) >= 11 is 3.46. The number of rotatable bonds is 7. The van der Waals surface area contributed by atoms with Gasteiger partial charge in [-0.3, -0.25) is 4.79 Å². The van der Waals surface area contributed by atoms with Crippen molar-refractivity contribution in [2.45, 2.75) is 38.1 Å². The number of amides is 1. The Morgan fingerprint density at radius 1 is 1.24 bits per heavy atom. The van der Waals surface area contributed by atoms with Crippen LogP contribution in [0.3, 0.4) is 0 Å². The highest BCUT2D eigenvalue weighted by Gasteiger charge is 2.31. The van der Waals surface area contributed by atoms with Crippen LogP contribution < -0.4 is 14.4 Å². The number of carbonyl (C=O) groups is 1. The minimum absolute atomic E-state index is 0.0648. The first-order valence-corrected chi connectivity index (χ1v) is 11.8. The van der Waals surface area contributed by atoms with Gasteiger partial charge in [0.1, 0.15) is 5.75 Å². The molecule has 0 aromatic heterocycles. The lowest BCUT2D eigenvalue weighted by Crippen LogP contribution is -2.39. The SMILES string of the molecule is CC(C)CNS(=O)(=O)c1ccc(OCC(=O)N2c3ccc(Br)cc3CC2C)cc1. The fraction of sp³-hybridized carbons (Fsp3) is 0.381. The van der Waals surface area contributed by atoms with Gasteiger partial charge in [-0.2, -0.15) is 0 Å². The highest BCUT2D eigenvalue weighted by atomic mass is 79.9. The van der Waals surface area contributed by atoms with E-state index in [0.29, 0.717) is 12.3 Å². The molecule has 6 nitrogen and oxygen atoms in total. The van der Waals surface area contributed by atoms with Crippen molar-refractivity contribution in [2.24, 2.45) is 5.92 Å². The van der Waals surface area contributed by atoms with E-state index in [-0.39, 0.29) is 29.4 Å². The molecule has 1 atom stereocenters. The fourth-order valence-electron chi connectivity index (χ4n) is 3.27. The molecule has 1 amide bonds. The standard InChI is InChI=1S/C21H25BrN2O4S/c1-14(2)12-23-29(26,27)19-7-5-18(6-8-19)28-13-21(25)24-15(3)10-16-11-17(22)4-9-20(16)24/h4-9,11,14-15,23H,10,12-13H2,1-3H3. The van der Waals surface area contributed by atoms with Gasteiger partial charge in [0.05, 0.1) is 4.90 Å². The Hall–Kier alpha value is -1.90. The first kappa shape index (κ1) is 21.8. The van der Waals surface area contributed by atoms with Crippen molar-refractivity contribution >= 4 is 37.5 Å². The van der Waals surface area contributed by atoms with Crippen LogP contribution >= 0.6 is 15.9 Å². The van der Waals surface area contributed by atoms with E-state index in [1.165, 1.54) is 12.1 Å². The Morgan fingerprint density at radius 2 is 1.93 bits per heavy atom. The van der Waals surface area contributed by atoms with Crippen molar-refractivity contribution < 1.29 is 17.9 Å². The Bertz CT molecular complexity index is 990. The number of carbonyl (C=O) groups excluding carboxylic acids is 1. The van der Waals surface area contributed by atoms with Gasteiger partial charge in [-0.25, -0.2) is 13.1 Å². The van der Waals surface area contributed by atoms with Crippen LogP contribution in [0.2, 0.25) is 0 Å². The van der Waals surface area contributed by atoms with E-state index in [4.69, 9.17) is 4.74 Å². The third-order valence-corrected chi connectivity index (χ3v) is 6.64. The molecule has 2 aromatic carbocycles. The lowest BCUT2D eigenvalue weighted by molar-refractivity contribution is -0.120. The molecule has 3 rings (SSSR count). The molecule has 1 N–H and O–H groups in total. The molecule has 1 aliphatic rings. The number of halogens is 1. The maximum atomic E-state index is 12.7. The van der Waals surface area contributed by atoms with E-state index in [2.05, 4.69) is 20.7 Å². The number of nitrogens with zero attached hydrogens (tertiary/aromatic N) is 1. The van der Waals surface area contributed by atoms with Gasteiger partial charge in [0.2, 0.25) is 10.0 Å². The van der Waals surface area contributed by atoms with Crippen LogP contribution in [0, 0.1) is 5.92 Å². The van der Waals surface area contributed by atoms with Gasteiger partial charge in [0.15, 0.2) is 6.61 Å². The number of fused-ring (bicyclic) bond motifs is 1. The smallest absolute Gasteiger partial charge is 0.265 e. The minimum Gasteiger partial charge on any atom is -0.484 e. The number of hydrogen-bond acceptors (Lipinski definition) is 4. The van der Waals surface area contributed by atoms with Crippen LogP contribution in [0.15, 0.2) is 51.8 Å². The second-order valence-corrected chi connectivity index (χ2v) is 10.3. The summed E-state index contributed by atoms with van der Waals surface area (Å²) in [6, 6.07) is 12.0. The third-order valence-electron chi connectivity index (χ3n) is 4.70.